The van der Waals surface area contributed by atoms with E-state index in [4.69, 9.17) is 24.5 Å². The minimum atomic E-state index is -0.777. The molecule has 0 radical (unpaired) electrons. The molecule has 0 saturated carbocycles. The zero-order valence-electron chi connectivity index (χ0n) is 12.7. The molecule has 2 rings (SSSR count). The lowest BCUT2D eigenvalue weighted by Crippen LogP contribution is -2.17. The van der Waals surface area contributed by atoms with Crippen LogP contribution in [0.4, 0.5) is 5.88 Å². The number of hydrogen-bond donors (Lipinski definition) is 2. The summed E-state index contributed by atoms with van der Waals surface area (Å²) in [4.78, 5) is 23.6. The number of primary amides is 1. The summed E-state index contributed by atoms with van der Waals surface area (Å²) in [6.07, 6.45) is 1.11. The molecule has 0 saturated heterocycles. The third-order valence-corrected chi connectivity index (χ3v) is 3.01. The topological polar surface area (TPSA) is 126 Å². The van der Waals surface area contributed by atoms with E-state index in [1.54, 1.807) is 6.07 Å². The van der Waals surface area contributed by atoms with Gasteiger partial charge in [0.05, 0.1) is 33.1 Å². The highest BCUT2D eigenvalue weighted by Gasteiger charge is 2.23. The Morgan fingerprint density at radius 2 is 1.78 bits per heavy atom. The number of benzene rings is 1. The Morgan fingerprint density at radius 3 is 2.35 bits per heavy atom. The molecule has 0 aliphatic heterocycles. The van der Waals surface area contributed by atoms with Crippen molar-refractivity contribution in [2.24, 2.45) is 5.73 Å². The maximum absolute atomic E-state index is 12.4. The molecule has 1 aromatic carbocycles. The largest absolute Gasteiger partial charge is 0.493 e. The van der Waals surface area contributed by atoms with E-state index in [0.29, 0.717) is 5.75 Å². The fraction of sp³-hybridized carbons (Fsp3) is 0.214. The Hall–Kier alpha value is -3.23. The molecule has 0 aliphatic carbocycles. The van der Waals surface area contributed by atoms with Crippen molar-refractivity contribution >= 4 is 17.7 Å². The van der Waals surface area contributed by atoms with Crippen LogP contribution in [0.2, 0.25) is 0 Å². The highest BCUT2D eigenvalue weighted by Crippen LogP contribution is 2.40. The Bertz CT molecular complexity index is 740. The number of nitrogens with two attached hydrogens (primary N) is 1. The van der Waals surface area contributed by atoms with Crippen molar-refractivity contribution < 1.29 is 28.3 Å². The van der Waals surface area contributed by atoms with Crippen molar-refractivity contribution in [2.45, 2.75) is 0 Å². The Labute approximate surface area is 131 Å². The van der Waals surface area contributed by atoms with Crippen LogP contribution in [0.1, 0.15) is 20.7 Å². The van der Waals surface area contributed by atoms with Crippen molar-refractivity contribution in [2.75, 3.05) is 26.6 Å². The van der Waals surface area contributed by atoms with E-state index in [0.717, 1.165) is 6.20 Å². The molecule has 2 aromatic rings. The van der Waals surface area contributed by atoms with Crippen LogP contribution in [0, 0.1) is 0 Å². The van der Waals surface area contributed by atoms with E-state index in [1.807, 2.05) is 0 Å². The van der Waals surface area contributed by atoms with E-state index in [9.17, 15) is 9.59 Å². The number of aromatic nitrogens is 1. The van der Waals surface area contributed by atoms with Gasteiger partial charge in [-0.3, -0.25) is 14.9 Å². The minimum absolute atomic E-state index is 0.0437. The van der Waals surface area contributed by atoms with E-state index in [-0.39, 0.29) is 28.5 Å². The minimum Gasteiger partial charge on any atom is -0.493 e. The third kappa shape index (κ3) is 3.03. The second kappa shape index (κ2) is 6.69. The number of amides is 2. The second-order valence-corrected chi connectivity index (χ2v) is 4.27. The van der Waals surface area contributed by atoms with Gasteiger partial charge in [0.2, 0.25) is 11.6 Å². The summed E-state index contributed by atoms with van der Waals surface area (Å²) >= 11 is 0. The standard InChI is InChI=1S/C14H15N3O6/c1-20-9-5-4-7(10(21-2)11(9)22-3)13(19)17-14-8(12(15)18)6-16-23-14/h4-6H,1-3H3,(H2,15,18)(H,17,19). The Morgan fingerprint density at radius 1 is 1.09 bits per heavy atom. The van der Waals surface area contributed by atoms with Gasteiger partial charge >= 0.3 is 0 Å². The van der Waals surface area contributed by atoms with Gasteiger partial charge in [0, 0.05) is 0 Å². The van der Waals surface area contributed by atoms with Gasteiger partial charge < -0.3 is 24.5 Å². The van der Waals surface area contributed by atoms with Crippen LogP contribution in [0.15, 0.2) is 22.9 Å². The van der Waals surface area contributed by atoms with Gasteiger partial charge in [-0.2, -0.15) is 0 Å². The van der Waals surface area contributed by atoms with Gasteiger partial charge in [-0.15, -0.1) is 0 Å². The van der Waals surface area contributed by atoms with Crippen molar-refractivity contribution in [3.63, 3.8) is 0 Å². The quantitative estimate of drug-likeness (QED) is 0.814. The van der Waals surface area contributed by atoms with E-state index < -0.39 is 11.8 Å². The van der Waals surface area contributed by atoms with Crippen LogP contribution < -0.4 is 25.3 Å². The molecule has 0 fully saturated rings. The summed E-state index contributed by atoms with van der Waals surface area (Å²) in [6.45, 7) is 0. The van der Waals surface area contributed by atoms with E-state index in [1.165, 1.54) is 27.4 Å². The first-order chi connectivity index (χ1) is 11.0. The average Bonchev–Trinajstić information content (AvgIpc) is 3.01. The first-order valence-corrected chi connectivity index (χ1v) is 6.38. The van der Waals surface area contributed by atoms with Crippen molar-refractivity contribution in [3.05, 3.63) is 29.5 Å². The number of carbonyl (C=O) groups excluding carboxylic acids is 2. The van der Waals surface area contributed by atoms with Gasteiger partial charge in [-0.05, 0) is 12.1 Å². The summed E-state index contributed by atoms with van der Waals surface area (Å²) in [6, 6.07) is 3.03. The molecular formula is C14H15N3O6. The summed E-state index contributed by atoms with van der Waals surface area (Å²) in [5.74, 6) is -0.694. The zero-order chi connectivity index (χ0) is 17.0. The molecule has 1 aromatic heterocycles. The molecular weight excluding hydrogens is 306 g/mol. The molecule has 3 N–H and O–H groups in total. The lowest BCUT2D eigenvalue weighted by molar-refractivity contribution is 0.100. The number of hydrogen-bond acceptors (Lipinski definition) is 7. The highest BCUT2D eigenvalue weighted by molar-refractivity contribution is 6.09. The molecule has 0 spiro atoms. The fourth-order valence-corrected chi connectivity index (χ4v) is 1.96. The molecule has 23 heavy (non-hydrogen) atoms. The van der Waals surface area contributed by atoms with Crippen LogP contribution in [0.25, 0.3) is 0 Å². The smallest absolute Gasteiger partial charge is 0.261 e. The maximum atomic E-state index is 12.4. The maximum Gasteiger partial charge on any atom is 0.261 e. The number of nitrogens with one attached hydrogen (secondary N) is 1. The molecule has 9 nitrogen and oxygen atoms in total. The SMILES string of the molecule is COc1ccc(C(=O)Nc2oncc2C(N)=O)c(OC)c1OC. The summed E-state index contributed by atoms with van der Waals surface area (Å²) in [5.41, 5.74) is 5.27. The average molecular weight is 321 g/mol. The van der Waals surface area contributed by atoms with Crippen LogP contribution in [0.5, 0.6) is 17.2 Å². The number of ether oxygens (including phenoxy) is 3. The van der Waals surface area contributed by atoms with Crippen LogP contribution in [-0.2, 0) is 0 Å². The van der Waals surface area contributed by atoms with Crippen molar-refractivity contribution in [3.8, 4) is 17.2 Å². The fourth-order valence-electron chi connectivity index (χ4n) is 1.96. The molecule has 0 aliphatic rings. The molecule has 2 amide bonds. The predicted octanol–water partition coefficient (Wildman–Crippen LogP) is 1.05. The van der Waals surface area contributed by atoms with E-state index in [2.05, 4.69) is 10.5 Å². The number of anilines is 1. The normalized spacial score (nSPS) is 10.0. The van der Waals surface area contributed by atoms with Gasteiger partial charge in [0.1, 0.15) is 5.56 Å². The summed E-state index contributed by atoms with van der Waals surface area (Å²) < 4.78 is 20.4. The molecule has 0 atom stereocenters. The van der Waals surface area contributed by atoms with Crippen LogP contribution in [-0.4, -0.2) is 38.3 Å². The Kier molecular flexibility index (Phi) is 4.69. The van der Waals surface area contributed by atoms with E-state index >= 15 is 0 Å². The van der Waals surface area contributed by atoms with Crippen LogP contribution in [0.3, 0.4) is 0 Å². The molecule has 0 unspecified atom stereocenters. The third-order valence-electron chi connectivity index (χ3n) is 3.01. The molecule has 9 heteroatoms. The van der Waals surface area contributed by atoms with Gasteiger partial charge in [0.15, 0.2) is 11.5 Å². The second-order valence-electron chi connectivity index (χ2n) is 4.27. The number of nitrogens with zero attached hydrogens (tertiary/aromatic N) is 1. The predicted molar refractivity (Wildman–Crippen MR) is 79.1 cm³/mol. The number of methoxy groups -OCH3 is 3. The van der Waals surface area contributed by atoms with Gasteiger partial charge in [-0.1, -0.05) is 5.16 Å². The van der Waals surface area contributed by atoms with Crippen LogP contribution >= 0.6 is 0 Å². The zero-order valence-corrected chi connectivity index (χ0v) is 12.7. The van der Waals surface area contributed by atoms with Gasteiger partial charge in [0.25, 0.3) is 11.8 Å². The molecule has 122 valence electrons. The Balaban J connectivity index is 2.39. The number of carbonyl (C=O) groups is 2. The van der Waals surface area contributed by atoms with Gasteiger partial charge in [-0.25, -0.2) is 0 Å². The number of rotatable bonds is 6. The summed E-state index contributed by atoms with van der Waals surface area (Å²) in [5, 5.41) is 5.83. The monoisotopic (exact) mass is 321 g/mol. The lowest BCUT2D eigenvalue weighted by Gasteiger charge is -2.15. The first kappa shape index (κ1) is 16.1. The highest BCUT2D eigenvalue weighted by atomic mass is 16.5. The first-order valence-electron chi connectivity index (χ1n) is 6.38. The summed E-state index contributed by atoms with van der Waals surface area (Å²) in [7, 11) is 4.27. The molecule has 1 heterocycles. The lowest BCUT2D eigenvalue weighted by atomic mass is 10.1. The van der Waals surface area contributed by atoms with Crippen molar-refractivity contribution in [1.82, 2.24) is 5.16 Å². The van der Waals surface area contributed by atoms with Crippen molar-refractivity contribution in [1.29, 1.82) is 0 Å². The molecule has 0 bridgehead atoms.